The topological polar surface area (TPSA) is 72.5 Å². The second kappa shape index (κ2) is 10.6. The fraction of sp³-hybridized carbons (Fsp3) is 0.0769. The predicted octanol–water partition coefficient (Wildman–Crippen LogP) is 7.12. The van der Waals surface area contributed by atoms with Crippen molar-refractivity contribution in [1.29, 1.82) is 0 Å². The summed E-state index contributed by atoms with van der Waals surface area (Å²) < 4.78 is 50.1. The molecular weight excluding hydrogens is 459 g/mol. The molecule has 0 fully saturated rings. The lowest BCUT2D eigenvalue weighted by molar-refractivity contribution is -0.137. The maximum Gasteiger partial charge on any atom is 0.416 e. The molecule has 0 unspecified atom stereocenters. The molecule has 3 aromatic carbocycles. The Labute approximate surface area is 199 Å². The molecule has 4 aromatic rings. The van der Waals surface area contributed by atoms with Crippen LogP contribution in [-0.2, 0) is 12.8 Å². The largest absolute Gasteiger partial charge is 0.489 e. The number of carbonyl (C=O) groups excluding carboxylic acids is 1. The van der Waals surface area contributed by atoms with Crippen molar-refractivity contribution < 1.29 is 27.4 Å². The van der Waals surface area contributed by atoms with E-state index in [1.807, 2.05) is 30.3 Å². The van der Waals surface area contributed by atoms with E-state index in [4.69, 9.17) is 9.47 Å². The number of pyridine rings is 1. The molecule has 0 saturated heterocycles. The van der Waals surface area contributed by atoms with Crippen LogP contribution in [0, 0.1) is 0 Å². The minimum atomic E-state index is -4.51. The molecule has 178 valence electrons. The highest BCUT2D eigenvalue weighted by Gasteiger charge is 2.30. The maximum absolute atomic E-state index is 13.0. The van der Waals surface area contributed by atoms with Gasteiger partial charge in [0.25, 0.3) is 0 Å². The standard InChI is InChI=1S/C26H20F3N3O3/c27-26(28,29)19-8-4-9-22(16-19)35-24-23(10-5-15-30-24)32-25(33)31-20-11-13-21(14-12-20)34-17-18-6-2-1-3-7-18/h1-16H,17H2,(H2,31,32,33). The first-order chi connectivity index (χ1) is 16.9. The zero-order valence-electron chi connectivity index (χ0n) is 18.3. The summed E-state index contributed by atoms with van der Waals surface area (Å²) in [5.74, 6) is 0.531. The van der Waals surface area contributed by atoms with Gasteiger partial charge in [0.05, 0.1) is 5.56 Å². The minimum absolute atomic E-state index is 0.0494. The quantitative estimate of drug-likeness (QED) is 0.296. The van der Waals surface area contributed by atoms with Crippen molar-refractivity contribution in [2.24, 2.45) is 0 Å². The smallest absolute Gasteiger partial charge is 0.416 e. The van der Waals surface area contributed by atoms with E-state index in [2.05, 4.69) is 15.6 Å². The van der Waals surface area contributed by atoms with Gasteiger partial charge in [0, 0.05) is 11.9 Å². The second-order valence-electron chi connectivity index (χ2n) is 7.36. The van der Waals surface area contributed by atoms with Crippen LogP contribution >= 0.6 is 0 Å². The monoisotopic (exact) mass is 479 g/mol. The average molecular weight is 479 g/mol. The number of amides is 2. The van der Waals surface area contributed by atoms with Crippen molar-refractivity contribution in [2.45, 2.75) is 12.8 Å². The lowest BCUT2D eigenvalue weighted by Gasteiger charge is -2.13. The van der Waals surface area contributed by atoms with E-state index >= 15 is 0 Å². The molecule has 2 amide bonds. The molecule has 0 aliphatic rings. The van der Waals surface area contributed by atoms with Crippen molar-refractivity contribution in [3.05, 3.63) is 108 Å². The van der Waals surface area contributed by atoms with E-state index in [1.54, 1.807) is 30.3 Å². The van der Waals surface area contributed by atoms with Gasteiger partial charge >= 0.3 is 12.2 Å². The summed E-state index contributed by atoms with van der Waals surface area (Å²) in [6, 6.07) is 23.5. The number of hydrogen-bond donors (Lipinski definition) is 2. The summed E-state index contributed by atoms with van der Waals surface area (Å²) in [4.78, 5) is 16.5. The molecule has 1 heterocycles. The molecule has 0 radical (unpaired) electrons. The van der Waals surface area contributed by atoms with Gasteiger partial charge in [-0.05, 0) is 60.2 Å². The van der Waals surface area contributed by atoms with E-state index in [0.717, 1.165) is 17.7 Å². The van der Waals surface area contributed by atoms with Gasteiger partial charge in [0.1, 0.15) is 23.8 Å². The Morgan fingerprint density at radius 1 is 0.829 bits per heavy atom. The first kappa shape index (κ1) is 23.6. The number of anilines is 2. The van der Waals surface area contributed by atoms with Crippen LogP contribution in [0.2, 0.25) is 0 Å². The summed E-state index contributed by atoms with van der Waals surface area (Å²) in [7, 11) is 0. The molecule has 4 rings (SSSR count). The number of benzene rings is 3. The van der Waals surface area contributed by atoms with Crippen molar-refractivity contribution in [3.63, 3.8) is 0 Å². The van der Waals surface area contributed by atoms with Gasteiger partial charge in [-0.2, -0.15) is 13.2 Å². The number of alkyl halides is 3. The van der Waals surface area contributed by atoms with Crippen LogP contribution in [0.5, 0.6) is 17.4 Å². The third-order valence-electron chi connectivity index (χ3n) is 4.76. The van der Waals surface area contributed by atoms with Crippen molar-refractivity contribution in [2.75, 3.05) is 10.6 Å². The van der Waals surface area contributed by atoms with Crippen molar-refractivity contribution in [1.82, 2.24) is 4.98 Å². The van der Waals surface area contributed by atoms with Gasteiger partial charge in [0.2, 0.25) is 5.88 Å². The van der Waals surface area contributed by atoms with Crippen LogP contribution in [0.3, 0.4) is 0 Å². The minimum Gasteiger partial charge on any atom is -0.489 e. The van der Waals surface area contributed by atoms with E-state index < -0.39 is 17.8 Å². The van der Waals surface area contributed by atoms with E-state index in [9.17, 15) is 18.0 Å². The first-order valence-corrected chi connectivity index (χ1v) is 10.5. The SMILES string of the molecule is O=C(Nc1ccc(OCc2ccccc2)cc1)Nc1cccnc1Oc1cccc(C(F)(F)F)c1. The third kappa shape index (κ3) is 6.73. The Morgan fingerprint density at radius 2 is 1.60 bits per heavy atom. The highest BCUT2D eigenvalue weighted by molar-refractivity contribution is 6.00. The molecule has 0 spiro atoms. The number of nitrogens with zero attached hydrogens (tertiary/aromatic N) is 1. The Morgan fingerprint density at radius 3 is 2.34 bits per heavy atom. The van der Waals surface area contributed by atoms with E-state index in [0.29, 0.717) is 18.0 Å². The molecule has 0 saturated carbocycles. The van der Waals surface area contributed by atoms with Gasteiger partial charge in [-0.15, -0.1) is 0 Å². The summed E-state index contributed by atoms with van der Waals surface area (Å²) >= 11 is 0. The Hall–Kier alpha value is -4.53. The van der Waals surface area contributed by atoms with Gasteiger partial charge in [-0.25, -0.2) is 9.78 Å². The molecule has 0 bridgehead atoms. The Kier molecular flexibility index (Phi) is 7.15. The zero-order chi connectivity index (χ0) is 24.7. The summed E-state index contributed by atoms with van der Waals surface area (Å²) in [6.45, 7) is 0.420. The predicted molar refractivity (Wildman–Crippen MR) is 126 cm³/mol. The number of hydrogen-bond acceptors (Lipinski definition) is 4. The molecule has 6 nitrogen and oxygen atoms in total. The third-order valence-corrected chi connectivity index (χ3v) is 4.76. The zero-order valence-corrected chi connectivity index (χ0v) is 18.3. The second-order valence-corrected chi connectivity index (χ2v) is 7.36. The van der Waals surface area contributed by atoms with Crippen LogP contribution in [0.15, 0.2) is 97.2 Å². The summed E-state index contributed by atoms with van der Waals surface area (Å²) in [5.41, 5.74) is 0.882. The maximum atomic E-state index is 13.0. The summed E-state index contributed by atoms with van der Waals surface area (Å²) in [6.07, 6.45) is -3.10. The fourth-order valence-electron chi connectivity index (χ4n) is 3.07. The van der Waals surface area contributed by atoms with Gasteiger partial charge in [0.15, 0.2) is 0 Å². The first-order valence-electron chi connectivity index (χ1n) is 10.5. The Balaban J connectivity index is 1.36. The lowest BCUT2D eigenvalue weighted by Crippen LogP contribution is -2.19. The number of carbonyl (C=O) groups is 1. The Bertz CT molecular complexity index is 1280. The van der Waals surface area contributed by atoms with Crippen molar-refractivity contribution in [3.8, 4) is 17.4 Å². The van der Waals surface area contributed by atoms with E-state index in [-0.39, 0.29) is 17.3 Å². The van der Waals surface area contributed by atoms with Crippen LogP contribution in [0.1, 0.15) is 11.1 Å². The number of nitrogens with one attached hydrogen (secondary N) is 2. The highest BCUT2D eigenvalue weighted by Crippen LogP contribution is 2.33. The molecule has 9 heteroatoms. The normalized spacial score (nSPS) is 10.9. The highest BCUT2D eigenvalue weighted by atomic mass is 19.4. The lowest BCUT2D eigenvalue weighted by atomic mass is 10.2. The molecule has 2 N–H and O–H groups in total. The number of ether oxygens (including phenoxy) is 2. The van der Waals surface area contributed by atoms with Crippen molar-refractivity contribution >= 4 is 17.4 Å². The molecule has 1 aromatic heterocycles. The number of urea groups is 1. The van der Waals surface area contributed by atoms with Gasteiger partial charge < -0.3 is 20.1 Å². The molecule has 0 aliphatic carbocycles. The molecule has 35 heavy (non-hydrogen) atoms. The van der Waals surface area contributed by atoms with Gasteiger partial charge in [-0.1, -0.05) is 36.4 Å². The van der Waals surface area contributed by atoms with E-state index in [1.165, 1.54) is 24.4 Å². The molecular formula is C26H20F3N3O3. The van der Waals surface area contributed by atoms with Crippen LogP contribution in [-0.4, -0.2) is 11.0 Å². The molecule has 0 atom stereocenters. The van der Waals surface area contributed by atoms with Crippen LogP contribution in [0.25, 0.3) is 0 Å². The number of rotatable bonds is 7. The fourth-order valence-corrected chi connectivity index (χ4v) is 3.07. The molecule has 0 aliphatic heterocycles. The number of halogens is 3. The summed E-state index contributed by atoms with van der Waals surface area (Å²) in [5, 5.41) is 5.27. The van der Waals surface area contributed by atoms with Crippen LogP contribution in [0.4, 0.5) is 29.3 Å². The number of aromatic nitrogens is 1. The van der Waals surface area contributed by atoms with Crippen LogP contribution < -0.4 is 20.1 Å². The van der Waals surface area contributed by atoms with Gasteiger partial charge in [-0.3, -0.25) is 0 Å². The average Bonchev–Trinajstić information content (AvgIpc) is 2.85.